The molecule has 24 heavy (non-hydrogen) atoms. The topological polar surface area (TPSA) is 47.4 Å². The van der Waals surface area contributed by atoms with E-state index >= 15 is 0 Å². The lowest BCUT2D eigenvalue weighted by atomic mass is 9.86. The number of hydrogen-bond acceptors (Lipinski definition) is 4. The van der Waals surface area contributed by atoms with Crippen LogP contribution in [0.5, 0.6) is 0 Å². The van der Waals surface area contributed by atoms with Gasteiger partial charge in [0, 0.05) is 5.39 Å². The fourth-order valence-corrected chi connectivity index (χ4v) is 5.54. The lowest BCUT2D eigenvalue weighted by Crippen LogP contribution is -2.45. The molecule has 1 aromatic heterocycles. The third-order valence-electron chi connectivity index (χ3n) is 5.34. The number of benzene rings is 1. The summed E-state index contributed by atoms with van der Waals surface area (Å²) in [5.41, 5.74) is 4.05. The maximum absolute atomic E-state index is 11.9. The number of ketones is 1. The Morgan fingerprint density at radius 1 is 1.33 bits per heavy atom. The summed E-state index contributed by atoms with van der Waals surface area (Å²) >= 11 is 2.38. The second kappa shape index (κ2) is 6.98. The molecule has 2 aromatic rings. The average Bonchev–Trinajstić information content (AvgIpc) is 3.19. The largest absolute Gasteiger partial charge is 0.372 e. The van der Waals surface area contributed by atoms with Crippen molar-refractivity contribution in [3.8, 4) is 0 Å². The zero-order valence-corrected chi connectivity index (χ0v) is 16.8. The molecule has 7 heteroatoms. The van der Waals surface area contributed by atoms with Crippen LogP contribution < -0.4 is 0 Å². The van der Waals surface area contributed by atoms with Gasteiger partial charge in [0.05, 0.1) is 30.7 Å². The molecule has 2 saturated heterocycles. The van der Waals surface area contributed by atoms with Gasteiger partial charge < -0.3 is 4.74 Å². The SMILES string of the molecule is Cc1cc2cnn(PI)c2cc1C1CCN(C2COCC2=O)CC1. The number of Topliss-reactive ketones (excluding diaryl/α,β-unsaturated/α-hetero) is 1. The smallest absolute Gasteiger partial charge is 0.177 e. The number of carbonyl (C=O) groups excluding carboxylic acids is 1. The molecular weight excluding hydrogens is 436 g/mol. The van der Waals surface area contributed by atoms with Crippen LogP contribution in [0.15, 0.2) is 18.3 Å². The molecule has 0 bridgehead atoms. The first kappa shape index (κ1) is 16.9. The van der Waals surface area contributed by atoms with Crippen LogP contribution in [0.2, 0.25) is 0 Å². The van der Waals surface area contributed by atoms with Crippen LogP contribution in [0.25, 0.3) is 10.9 Å². The fraction of sp³-hybridized carbons (Fsp3) is 0.529. The lowest BCUT2D eigenvalue weighted by Gasteiger charge is -2.35. The molecule has 0 radical (unpaired) electrons. The van der Waals surface area contributed by atoms with Gasteiger partial charge in [-0.25, -0.2) is 4.45 Å². The highest BCUT2D eigenvalue weighted by Crippen LogP contribution is 2.36. The van der Waals surface area contributed by atoms with Crippen molar-refractivity contribution in [2.45, 2.75) is 31.7 Å². The molecule has 3 heterocycles. The number of ether oxygens (including phenoxy) is 1. The van der Waals surface area contributed by atoms with Crippen LogP contribution in [0.4, 0.5) is 0 Å². The van der Waals surface area contributed by atoms with Crippen molar-refractivity contribution in [2.75, 3.05) is 26.3 Å². The molecule has 2 atom stereocenters. The Morgan fingerprint density at radius 2 is 2.12 bits per heavy atom. The van der Waals surface area contributed by atoms with E-state index in [9.17, 15) is 4.79 Å². The monoisotopic (exact) mass is 457 g/mol. The van der Waals surface area contributed by atoms with Gasteiger partial charge in [0.1, 0.15) is 6.61 Å². The zero-order valence-electron chi connectivity index (χ0n) is 13.7. The van der Waals surface area contributed by atoms with Crippen molar-refractivity contribution < 1.29 is 9.53 Å². The van der Waals surface area contributed by atoms with E-state index in [2.05, 4.69) is 55.5 Å². The van der Waals surface area contributed by atoms with Crippen molar-refractivity contribution in [3.63, 3.8) is 0 Å². The van der Waals surface area contributed by atoms with Gasteiger partial charge in [-0.05, 0) is 84.1 Å². The van der Waals surface area contributed by atoms with Gasteiger partial charge in [-0.1, -0.05) is 0 Å². The van der Waals surface area contributed by atoms with Gasteiger partial charge in [0.2, 0.25) is 0 Å². The summed E-state index contributed by atoms with van der Waals surface area (Å²) in [6.07, 6.45) is 4.80. The van der Waals surface area contributed by atoms with E-state index in [1.165, 1.54) is 22.0 Å². The first-order valence-electron chi connectivity index (χ1n) is 8.37. The van der Waals surface area contributed by atoms with E-state index < -0.39 is 0 Å². The molecule has 4 rings (SSSR count). The minimum absolute atomic E-state index is 0.00354. The molecule has 0 N–H and O–H groups in total. The van der Waals surface area contributed by atoms with Crippen LogP contribution in [0.3, 0.4) is 0 Å². The average molecular weight is 457 g/mol. The minimum atomic E-state index is -0.00354. The molecular formula is C17H21IN3O2P. The molecule has 0 amide bonds. The second-order valence-electron chi connectivity index (χ2n) is 6.72. The Kier molecular flexibility index (Phi) is 4.91. The number of nitrogens with zero attached hydrogens (tertiary/aromatic N) is 3. The number of aromatic nitrogens is 2. The molecule has 2 fully saturated rings. The number of hydrogen-bond donors (Lipinski definition) is 0. The van der Waals surface area contributed by atoms with Gasteiger partial charge in [-0.2, -0.15) is 5.10 Å². The highest BCUT2D eigenvalue weighted by molar-refractivity contribution is 14.2. The summed E-state index contributed by atoms with van der Waals surface area (Å²) in [5.74, 6) is 0.821. The minimum Gasteiger partial charge on any atom is -0.372 e. The Balaban J connectivity index is 1.53. The van der Waals surface area contributed by atoms with Crippen LogP contribution in [0.1, 0.15) is 29.9 Å². The van der Waals surface area contributed by atoms with Gasteiger partial charge in [0.25, 0.3) is 0 Å². The van der Waals surface area contributed by atoms with E-state index in [1.54, 1.807) is 0 Å². The molecule has 2 unspecified atom stereocenters. The van der Waals surface area contributed by atoms with Crippen molar-refractivity contribution in [1.29, 1.82) is 0 Å². The highest BCUT2D eigenvalue weighted by Gasteiger charge is 2.34. The van der Waals surface area contributed by atoms with Gasteiger partial charge in [0.15, 0.2) is 5.78 Å². The van der Waals surface area contributed by atoms with Crippen molar-refractivity contribution in [1.82, 2.24) is 14.5 Å². The number of aryl methyl sites for hydroxylation is 1. The summed E-state index contributed by atoms with van der Waals surface area (Å²) < 4.78 is 7.40. The molecule has 2 aliphatic heterocycles. The Labute approximate surface area is 156 Å². The lowest BCUT2D eigenvalue weighted by molar-refractivity contribution is -0.121. The van der Waals surface area contributed by atoms with Crippen LogP contribution in [-0.2, 0) is 9.53 Å². The van der Waals surface area contributed by atoms with E-state index in [-0.39, 0.29) is 11.8 Å². The molecule has 5 nitrogen and oxygen atoms in total. The molecule has 0 saturated carbocycles. The molecule has 0 spiro atoms. The van der Waals surface area contributed by atoms with Crippen molar-refractivity contribution >= 4 is 45.1 Å². The maximum atomic E-state index is 11.9. The maximum Gasteiger partial charge on any atom is 0.177 e. The first-order chi connectivity index (χ1) is 11.7. The molecule has 2 aliphatic rings. The standard InChI is InChI=1S/C17H21IN3O2P/c1-11-6-13-8-19-21(24-18)15(13)7-14(11)12-2-4-20(5-3-12)16-9-23-10-17(16)22/h6-8,12,16,24H,2-5,9-10H2,1H3. The normalized spacial score (nSPS) is 23.9. The van der Waals surface area contributed by atoms with Crippen LogP contribution in [0, 0.1) is 6.92 Å². The number of fused-ring (bicyclic) bond motifs is 1. The first-order valence-corrected chi connectivity index (χ1v) is 12.4. The summed E-state index contributed by atoms with van der Waals surface area (Å²) in [6.45, 7) is 5.04. The number of piperidine rings is 1. The third-order valence-corrected chi connectivity index (χ3v) is 7.23. The zero-order chi connectivity index (χ0) is 16.7. The molecule has 1 aromatic carbocycles. The van der Waals surface area contributed by atoms with Crippen LogP contribution >= 0.6 is 28.4 Å². The number of halogens is 1. The Morgan fingerprint density at radius 3 is 2.79 bits per heavy atom. The Hall–Kier alpha value is -0.560. The van der Waals surface area contributed by atoms with E-state index in [0.29, 0.717) is 25.5 Å². The highest BCUT2D eigenvalue weighted by atomic mass is 127. The van der Waals surface area contributed by atoms with E-state index in [4.69, 9.17) is 4.74 Å². The molecule has 0 aliphatic carbocycles. The third kappa shape index (κ3) is 3.02. The summed E-state index contributed by atoms with van der Waals surface area (Å²) in [7, 11) is 0. The summed E-state index contributed by atoms with van der Waals surface area (Å²) in [5, 5.41) is 5.70. The fourth-order valence-electron chi connectivity index (χ4n) is 4.00. The van der Waals surface area contributed by atoms with Crippen molar-refractivity contribution in [3.05, 3.63) is 29.5 Å². The number of rotatable bonds is 3. The number of carbonyl (C=O) groups is 1. The van der Waals surface area contributed by atoms with Crippen LogP contribution in [-0.4, -0.2) is 52.6 Å². The van der Waals surface area contributed by atoms with E-state index in [0.717, 1.165) is 25.9 Å². The predicted octanol–water partition coefficient (Wildman–Crippen LogP) is 3.28. The quantitative estimate of drug-likeness (QED) is 0.525. The van der Waals surface area contributed by atoms with E-state index in [1.807, 2.05) is 6.20 Å². The van der Waals surface area contributed by atoms with Gasteiger partial charge in [-0.15, -0.1) is 0 Å². The van der Waals surface area contributed by atoms with Gasteiger partial charge in [-0.3, -0.25) is 9.69 Å². The Bertz CT molecular complexity index is 771. The summed E-state index contributed by atoms with van der Waals surface area (Å²) in [4.78, 5) is 14.2. The molecule has 128 valence electrons. The number of likely N-dealkylation sites (tertiary alicyclic amines) is 1. The van der Waals surface area contributed by atoms with Crippen molar-refractivity contribution in [2.24, 2.45) is 0 Å². The van der Waals surface area contributed by atoms with Gasteiger partial charge >= 0.3 is 0 Å². The predicted molar refractivity (Wildman–Crippen MR) is 105 cm³/mol. The second-order valence-corrected chi connectivity index (χ2v) is 8.76. The summed E-state index contributed by atoms with van der Waals surface area (Å²) in [6, 6.07) is 4.61.